The quantitative estimate of drug-likeness (QED) is 0.640. The van der Waals surface area contributed by atoms with Crippen molar-refractivity contribution in [3.05, 3.63) is 33.6 Å². The Labute approximate surface area is 105 Å². The largest absolute Gasteiger partial charge is 0.379 e. The Morgan fingerprint density at radius 2 is 2.33 bits per heavy atom. The highest BCUT2D eigenvalue weighted by molar-refractivity contribution is 5.55. The maximum absolute atomic E-state index is 13.8. The van der Waals surface area contributed by atoms with Crippen LogP contribution >= 0.6 is 0 Å². The summed E-state index contributed by atoms with van der Waals surface area (Å²) >= 11 is 0. The first-order valence-electron chi connectivity index (χ1n) is 5.99. The van der Waals surface area contributed by atoms with Crippen molar-refractivity contribution in [1.29, 1.82) is 0 Å². The predicted octanol–water partition coefficient (Wildman–Crippen LogP) is 2.21. The van der Waals surface area contributed by atoms with E-state index in [2.05, 4.69) is 10.6 Å². The molecule has 0 spiro atoms. The third kappa shape index (κ3) is 2.76. The molecule has 1 atom stereocenters. The Morgan fingerprint density at radius 1 is 1.56 bits per heavy atom. The average Bonchev–Trinajstić information content (AvgIpc) is 2.34. The first kappa shape index (κ1) is 12.8. The van der Waals surface area contributed by atoms with E-state index in [-0.39, 0.29) is 11.7 Å². The average molecular weight is 253 g/mol. The molecule has 1 aliphatic heterocycles. The van der Waals surface area contributed by atoms with Crippen molar-refractivity contribution in [3.63, 3.8) is 0 Å². The molecule has 0 aliphatic carbocycles. The van der Waals surface area contributed by atoms with E-state index < -0.39 is 10.7 Å². The monoisotopic (exact) mass is 253 g/mol. The van der Waals surface area contributed by atoms with Gasteiger partial charge >= 0.3 is 0 Å². The van der Waals surface area contributed by atoms with Gasteiger partial charge < -0.3 is 10.6 Å². The second-order valence-corrected chi connectivity index (χ2v) is 4.56. The van der Waals surface area contributed by atoms with Crippen molar-refractivity contribution in [1.82, 2.24) is 5.32 Å². The van der Waals surface area contributed by atoms with E-state index in [9.17, 15) is 14.5 Å². The number of benzene rings is 1. The summed E-state index contributed by atoms with van der Waals surface area (Å²) in [4.78, 5) is 10.1. The number of hydrogen-bond acceptors (Lipinski definition) is 4. The maximum Gasteiger partial charge on any atom is 0.275 e. The minimum absolute atomic E-state index is 0.175. The van der Waals surface area contributed by atoms with Crippen LogP contribution in [0.1, 0.15) is 18.4 Å². The molecule has 1 aromatic carbocycles. The molecule has 2 N–H and O–H groups in total. The molecule has 0 saturated carbocycles. The van der Waals surface area contributed by atoms with Crippen molar-refractivity contribution in [2.45, 2.75) is 25.8 Å². The highest BCUT2D eigenvalue weighted by Gasteiger charge is 2.18. The van der Waals surface area contributed by atoms with Gasteiger partial charge in [-0.1, -0.05) is 0 Å². The molecule has 1 saturated heterocycles. The van der Waals surface area contributed by atoms with Crippen LogP contribution in [0.5, 0.6) is 0 Å². The normalized spacial score (nSPS) is 19.6. The van der Waals surface area contributed by atoms with Gasteiger partial charge in [0.1, 0.15) is 0 Å². The van der Waals surface area contributed by atoms with Crippen LogP contribution in [0.3, 0.4) is 0 Å². The molecule has 1 unspecified atom stereocenters. The third-order valence-corrected chi connectivity index (χ3v) is 3.14. The van der Waals surface area contributed by atoms with Gasteiger partial charge in [-0.05, 0) is 32.4 Å². The molecule has 18 heavy (non-hydrogen) atoms. The van der Waals surface area contributed by atoms with Gasteiger partial charge in [-0.2, -0.15) is 0 Å². The first-order valence-corrected chi connectivity index (χ1v) is 5.99. The molecule has 0 bridgehead atoms. The number of anilines is 1. The fourth-order valence-corrected chi connectivity index (χ4v) is 2.17. The van der Waals surface area contributed by atoms with E-state index >= 15 is 0 Å². The second-order valence-electron chi connectivity index (χ2n) is 4.56. The molecule has 98 valence electrons. The number of halogens is 1. The molecule has 0 aromatic heterocycles. The van der Waals surface area contributed by atoms with Crippen molar-refractivity contribution in [3.8, 4) is 0 Å². The molecule has 5 nitrogen and oxygen atoms in total. The number of aryl methyl sites for hydroxylation is 1. The molecule has 0 amide bonds. The minimum atomic E-state index is -0.571. The van der Waals surface area contributed by atoms with E-state index in [0.29, 0.717) is 11.3 Å². The number of nitro benzene ring substituents is 1. The first-order chi connectivity index (χ1) is 8.58. The van der Waals surface area contributed by atoms with Gasteiger partial charge in [0.05, 0.1) is 16.7 Å². The lowest BCUT2D eigenvalue weighted by molar-refractivity contribution is -0.385. The molecule has 1 aromatic rings. The maximum atomic E-state index is 13.8. The van der Waals surface area contributed by atoms with E-state index in [1.807, 2.05) is 0 Å². The second kappa shape index (κ2) is 5.30. The SMILES string of the molecule is Cc1cc(NC2CCCNC2)c(F)cc1[N+](=O)[O-]. The van der Waals surface area contributed by atoms with Crippen LogP contribution in [0.4, 0.5) is 15.8 Å². The smallest absolute Gasteiger partial charge is 0.275 e. The lowest BCUT2D eigenvalue weighted by atomic mass is 10.1. The summed E-state index contributed by atoms with van der Waals surface area (Å²) in [5.41, 5.74) is 0.624. The zero-order valence-electron chi connectivity index (χ0n) is 10.2. The highest BCUT2D eigenvalue weighted by Crippen LogP contribution is 2.26. The summed E-state index contributed by atoms with van der Waals surface area (Å²) in [6, 6.07) is 2.66. The highest BCUT2D eigenvalue weighted by atomic mass is 19.1. The van der Waals surface area contributed by atoms with E-state index in [1.165, 1.54) is 6.07 Å². The Kier molecular flexibility index (Phi) is 3.76. The summed E-state index contributed by atoms with van der Waals surface area (Å²) in [6.45, 7) is 3.39. The Balaban J connectivity index is 2.18. The van der Waals surface area contributed by atoms with Crippen LogP contribution in [-0.2, 0) is 0 Å². The number of piperidine rings is 1. The van der Waals surface area contributed by atoms with Crippen LogP contribution in [0.25, 0.3) is 0 Å². The Morgan fingerprint density at radius 3 is 2.94 bits per heavy atom. The van der Waals surface area contributed by atoms with Crippen molar-refractivity contribution < 1.29 is 9.31 Å². The van der Waals surface area contributed by atoms with Gasteiger partial charge in [0.15, 0.2) is 5.82 Å². The summed E-state index contributed by atoms with van der Waals surface area (Å²) < 4.78 is 13.8. The number of nitrogens with zero attached hydrogens (tertiary/aromatic N) is 1. The molecule has 2 rings (SSSR count). The van der Waals surface area contributed by atoms with Gasteiger partial charge in [-0.25, -0.2) is 4.39 Å². The molecule has 0 radical (unpaired) electrons. The molecule has 1 heterocycles. The zero-order chi connectivity index (χ0) is 13.1. The van der Waals surface area contributed by atoms with Crippen molar-refractivity contribution >= 4 is 11.4 Å². The lowest BCUT2D eigenvalue weighted by Crippen LogP contribution is -2.38. The fraction of sp³-hybridized carbons (Fsp3) is 0.500. The van der Waals surface area contributed by atoms with Gasteiger partial charge in [-0.3, -0.25) is 10.1 Å². The zero-order valence-corrected chi connectivity index (χ0v) is 10.2. The van der Waals surface area contributed by atoms with Crippen molar-refractivity contribution in [2.75, 3.05) is 18.4 Å². The summed E-state index contributed by atoms with van der Waals surface area (Å²) in [7, 11) is 0. The predicted molar refractivity (Wildman–Crippen MR) is 67.3 cm³/mol. The number of rotatable bonds is 3. The number of nitrogens with one attached hydrogen (secondary N) is 2. The van der Waals surface area contributed by atoms with Gasteiger partial charge in [0.25, 0.3) is 5.69 Å². The Bertz CT molecular complexity index is 459. The summed E-state index contributed by atoms with van der Waals surface area (Å²) in [5, 5.41) is 17.0. The van der Waals surface area contributed by atoms with E-state index in [0.717, 1.165) is 32.0 Å². The molecule has 1 fully saturated rings. The molecule has 1 aliphatic rings. The van der Waals surface area contributed by atoms with Crippen molar-refractivity contribution in [2.24, 2.45) is 0 Å². The number of nitro groups is 1. The number of hydrogen-bond donors (Lipinski definition) is 2. The van der Waals surface area contributed by atoms with E-state index in [1.54, 1.807) is 6.92 Å². The molecular formula is C12H16FN3O2. The van der Waals surface area contributed by atoms with Crippen LogP contribution < -0.4 is 10.6 Å². The Hall–Kier alpha value is -1.69. The molecule has 6 heteroatoms. The van der Waals surface area contributed by atoms with Crippen LogP contribution in [0.2, 0.25) is 0 Å². The van der Waals surface area contributed by atoms with E-state index in [4.69, 9.17) is 0 Å². The molecular weight excluding hydrogens is 237 g/mol. The summed E-state index contributed by atoms with van der Waals surface area (Å²) in [6.07, 6.45) is 2.02. The van der Waals surface area contributed by atoms with Gasteiger partial charge in [0, 0.05) is 18.2 Å². The summed E-state index contributed by atoms with van der Waals surface area (Å²) in [5.74, 6) is -0.571. The van der Waals surface area contributed by atoms with Crippen LogP contribution in [0.15, 0.2) is 12.1 Å². The topological polar surface area (TPSA) is 67.2 Å². The minimum Gasteiger partial charge on any atom is -0.379 e. The fourth-order valence-electron chi connectivity index (χ4n) is 2.17. The third-order valence-electron chi connectivity index (χ3n) is 3.14. The lowest BCUT2D eigenvalue weighted by Gasteiger charge is -2.25. The van der Waals surface area contributed by atoms with Crippen LogP contribution in [0, 0.1) is 22.9 Å². The standard InChI is InChI=1S/C12H16FN3O2/c1-8-5-11(10(13)6-12(8)16(17)18)15-9-3-2-4-14-7-9/h5-6,9,14-15H,2-4,7H2,1H3. The van der Waals surface area contributed by atoms with Gasteiger partial charge in [0.2, 0.25) is 0 Å². The van der Waals surface area contributed by atoms with Gasteiger partial charge in [-0.15, -0.1) is 0 Å². The van der Waals surface area contributed by atoms with Crippen LogP contribution in [-0.4, -0.2) is 24.1 Å².